The fourth-order valence-corrected chi connectivity index (χ4v) is 4.41. The van der Waals surface area contributed by atoms with Crippen LogP contribution in [0.3, 0.4) is 0 Å². The lowest BCUT2D eigenvalue weighted by molar-refractivity contribution is -0.112. The molecule has 0 bridgehead atoms. The van der Waals surface area contributed by atoms with E-state index in [1.807, 2.05) is 30.3 Å². The van der Waals surface area contributed by atoms with Gasteiger partial charge in [0.25, 0.3) is 5.91 Å². The molecule has 1 aliphatic heterocycles. The van der Waals surface area contributed by atoms with E-state index in [-0.39, 0.29) is 27.3 Å². The van der Waals surface area contributed by atoms with Crippen LogP contribution in [0.25, 0.3) is 0 Å². The zero-order chi connectivity index (χ0) is 23.6. The minimum Gasteiger partial charge on any atom is -0.330 e. The van der Waals surface area contributed by atoms with E-state index in [9.17, 15) is 13.2 Å². The van der Waals surface area contributed by atoms with E-state index >= 15 is 0 Å². The van der Waals surface area contributed by atoms with Gasteiger partial charge in [-0.05, 0) is 48.1 Å². The number of halogens is 1. The van der Waals surface area contributed by atoms with Gasteiger partial charge in [-0.3, -0.25) is 10.2 Å². The molecule has 4 N–H and O–H groups in total. The molecule has 4 rings (SSSR count). The maximum absolute atomic E-state index is 13.2. The molecule has 1 heterocycles. The Kier molecular flexibility index (Phi) is 6.43. The number of carbonyl (C=O) groups is 1. The number of amides is 1. The summed E-state index contributed by atoms with van der Waals surface area (Å²) in [5, 5.41) is 12.6. The fraction of sp³-hybridized carbons (Fsp3) is 0.0455. The summed E-state index contributed by atoms with van der Waals surface area (Å²) in [6, 6.07) is 20.7. The highest BCUT2D eigenvalue weighted by Crippen LogP contribution is 2.33. The number of nitrogens with one attached hydrogen (secondary N) is 2. The largest absolute Gasteiger partial charge is 0.330 e. The molecule has 0 aromatic heterocycles. The van der Waals surface area contributed by atoms with Gasteiger partial charge in [-0.1, -0.05) is 54.1 Å². The second-order valence-electron chi connectivity index (χ2n) is 7.11. The summed E-state index contributed by atoms with van der Waals surface area (Å²) < 4.78 is 23.6. The first-order valence-electron chi connectivity index (χ1n) is 9.66. The van der Waals surface area contributed by atoms with Gasteiger partial charge in [0.15, 0.2) is 10.8 Å². The van der Waals surface area contributed by atoms with Gasteiger partial charge in [-0.25, -0.2) is 13.6 Å². The van der Waals surface area contributed by atoms with Crippen LogP contribution >= 0.6 is 23.8 Å². The molecule has 0 atom stereocenters. The van der Waals surface area contributed by atoms with Crippen LogP contribution in [0, 0.1) is 0 Å². The first-order valence-corrected chi connectivity index (χ1v) is 12.0. The number of fused-ring (bicyclic) bond motifs is 1. The zero-order valence-corrected chi connectivity index (χ0v) is 19.4. The smallest absolute Gasteiger partial charge is 0.279 e. The molecule has 3 aromatic rings. The quantitative estimate of drug-likeness (QED) is 0.366. The van der Waals surface area contributed by atoms with Crippen LogP contribution in [0.1, 0.15) is 11.1 Å². The number of primary sulfonamides is 1. The second-order valence-corrected chi connectivity index (χ2v) is 9.48. The summed E-state index contributed by atoms with van der Waals surface area (Å²) in [6.07, 6.45) is 0. The molecule has 0 saturated carbocycles. The first-order chi connectivity index (χ1) is 15.7. The maximum atomic E-state index is 13.2. The highest BCUT2D eigenvalue weighted by atomic mass is 35.5. The molecule has 0 fully saturated rings. The molecule has 0 saturated heterocycles. The fourth-order valence-electron chi connectivity index (χ4n) is 3.39. The van der Waals surface area contributed by atoms with Gasteiger partial charge in [0.1, 0.15) is 4.90 Å². The number of anilines is 2. The molecule has 0 spiro atoms. The average molecular weight is 500 g/mol. The van der Waals surface area contributed by atoms with Crippen LogP contribution in [0.5, 0.6) is 0 Å². The number of hydrogen-bond acceptors (Lipinski definition) is 5. The molecule has 0 radical (unpaired) electrons. The number of benzene rings is 3. The van der Waals surface area contributed by atoms with Crippen LogP contribution in [0.2, 0.25) is 5.02 Å². The summed E-state index contributed by atoms with van der Waals surface area (Å²) >= 11 is 11.4. The second kappa shape index (κ2) is 9.28. The monoisotopic (exact) mass is 499 g/mol. The number of para-hydroxylation sites is 1. The van der Waals surface area contributed by atoms with Gasteiger partial charge in [0.05, 0.1) is 17.9 Å². The number of sulfonamides is 1. The Labute approximate surface area is 201 Å². The number of hydrazone groups is 1. The number of thiocarbonyl (C=S) groups is 1. The Hall–Kier alpha value is -3.31. The molecule has 168 valence electrons. The summed E-state index contributed by atoms with van der Waals surface area (Å²) in [4.78, 5) is 14.7. The lowest BCUT2D eigenvalue weighted by Gasteiger charge is -2.17. The minimum atomic E-state index is -3.96. The maximum Gasteiger partial charge on any atom is 0.279 e. The van der Waals surface area contributed by atoms with Crippen molar-refractivity contribution in [3.05, 3.63) is 88.9 Å². The van der Waals surface area contributed by atoms with Gasteiger partial charge in [0, 0.05) is 10.6 Å². The zero-order valence-electron chi connectivity index (χ0n) is 17.0. The van der Waals surface area contributed by atoms with E-state index in [2.05, 4.69) is 15.8 Å². The number of nitrogens with two attached hydrogens (primary N) is 1. The lowest BCUT2D eigenvalue weighted by Crippen LogP contribution is -2.32. The van der Waals surface area contributed by atoms with Crippen molar-refractivity contribution < 1.29 is 13.2 Å². The molecule has 3 aromatic carbocycles. The van der Waals surface area contributed by atoms with Crippen molar-refractivity contribution >= 4 is 61.9 Å². The van der Waals surface area contributed by atoms with Gasteiger partial charge in [-0.2, -0.15) is 5.10 Å². The van der Waals surface area contributed by atoms with Gasteiger partial charge >= 0.3 is 0 Å². The average Bonchev–Trinajstić information content (AvgIpc) is 3.03. The summed E-state index contributed by atoms with van der Waals surface area (Å²) in [5.74, 6) is -0.323. The Balaban J connectivity index is 1.59. The third-order valence-corrected chi connectivity index (χ3v) is 6.24. The van der Waals surface area contributed by atoms with Crippen LogP contribution in [0.4, 0.5) is 11.4 Å². The summed E-state index contributed by atoms with van der Waals surface area (Å²) in [5.41, 5.74) is 5.11. The van der Waals surface area contributed by atoms with Crippen molar-refractivity contribution in [3.8, 4) is 0 Å². The van der Waals surface area contributed by atoms with Crippen molar-refractivity contribution in [1.29, 1.82) is 0 Å². The highest BCUT2D eigenvalue weighted by Gasteiger charge is 2.34. The van der Waals surface area contributed by atoms with Crippen LogP contribution in [0.15, 0.2) is 82.8 Å². The Morgan fingerprint density at radius 3 is 2.48 bits per heavy atom. The third kappa shape index (κ3) is 5.04. The Morgan fingerprint density at radius 1 is 1.06 bits per heavy atom. The van der Waals surface area contributed by atoms with Gasteiger partial charge in [-0.15, -0.1) is 0 Å². The number of carbonyl (C=O) groups excluding carboxylic acids is 1. The van der Waals surface area contributed by atoms with Crippen LogP contribution in [-0.4, -0.2) is 25.1 Å². The number of rotatable bonds is 5. The summed E-state index contributed by atoms with van der Waals surface area (Å²) in [7, 11) is -3.96. The van der Waals surface area contributed by atoms with Crippen LogP contribution < -0.4 is 20.8 Å². The van der Waals surface area contributed by atoms with Crippen molar-refractivity contribution in [1.82, 2.24) is 5.43 Å². The highest BCUT2D eigenvalue weighted by molar-refractivity contribution is 7.89. The van der Waals surface area contributed by atoms with Gasteiger partial charge in [0.2, 0.25) is 10.0 Å². The van der Waals surface area contributed by atoms with Crippen molar-refractivity contribution in [2.45, 2.75) is 11.4 Å². The van der Waals surface area contributed by atoms with E-state index in [0.29, 0.717) is 22.8 Å². The van der Waals surface area contributed by atoms with Gasteiger partial charge < -0.3 is 10.2 Å². The minimum absolute atomic E-state index is 0.0171. The van der Waals surface area contributed by atoms with E-state index in [1.54, 1.807) is 35.2 Å². The molecule has 0 aliphatic carbocycles. The number of hydrogen-bond donors (Lipinski definition) is 3. The van der Waals surface area contributed by atoms with Crippen molar-refractivity contribution in [2.24, 2.45) is 10.2 Å². The molecule has 11 heteroatoms. The standard InChI is InChI=1S/C22H18ClN5O3S2/c23-15-10-11-18-16(12-15)20(21(29)28(18)13-14-6-2-1-3-7-14)26-27-22(32)25-17-8-4-5-9-19(17)33(24,30)31/h1-12H,13H2,(H2,24,30,31)(H2,25,27,32). The van der Waals surface area contributed by atoms with E-state index < -0.39 is 10.0 Å². The topological polar surface area (TPSA) is 117 Å². The van der Waals surface area contributed by atoms with Crippen LogP contribution in [-0.2, 0) is 21.4 Å². The normalized spacial score (nSPS) is 14.3. The molecule has 0 unspecified atom stereocenters. The predicted molar refractivity (Wildman–Crippen MR) is 133 cm³/mol. The molecule has 1 aliphatic rings. The molecule has 33 heavy (non-hydrogen) atoms. The van der Waals surface area contributed by atoms with E-state index in [0.717, 1.165) is 5.56 Å². The first kappa shape index (κ1) is 22.9. The molecule has 8 nitrogen and oxygen atoms in total. The SMILES string of the molecule is NS(=O)(=O)c1ccccc1NC(=S)NN=C1C(=O)N(Cc2ccccc2)c2ccc(Cl)cc21. The van der Waals surface area contributed by atoms with Crippen molar-refractivity contribution in [3.63, 3.8) is 0 Å². The Bertz CT molecular complexity index is 1380. The molecule has 1 amide bonds. The number of nitrogens with zero attached hydrogens (tertiary/aromatic N) is 2. The van der Waals surface area contributed by atoms with E-state index in [4.69, 9.17) is 29.0 Å². The molecular weight excluding hydrogens is 482 g/mol. The lowest BCUT2D eigenvalue weighted by atomic mass is 10.1. The Morgan fingerprint density at radius 2 is 1.76 bits per heavy atom. The molecular formula is C22H18ClN5O3S2. The summed E-state index contributed by atoms with van der Waals surface area (Å²) in [6.45, 7) is 0.359. The van der Waals surface area contributed by atoms with E-state index in [1.165, 1.54) is 12.1 Å². The van der Waals surface area contributed by atoms with Crippen molar-refractivity contribution in [2.75, 3.05) is 10.2 Å². The third-order valence-electron chi connectivity index (χ3n) is 4.85. The predicted octanol–water partition coefficient (Wildman–Crippen LogP) is 3.22.